The number of hydrogen-bond acceptors (Lipinski definition) is 6. The fraction of sp³-hybridized carbons (Fsp3) is 0.364. The van der Waals surface area contributed by atoms with Crippen molar-refractivity contribution in [2.45, 2.75) is 36.9 Å². The number of nitrogens with one attached hydrogen (secondary N) is 1. The molecule has 0 radical (unpaired) electrons. The third-order valence-electron chi connectivity index (χ3n) is 4.54. The van der Waals surface area contributed by atoms with Crippen LogP contribution >= 0.6 is 11.8 Å². The summed E-state index contributed by atoms with van der Waals surface area (Å²) in [6, 6.07) is 6.89. The van der Waals surface area contributed by atoms with Crippen molar-refractivity contribution in [3.05, 3.63) is 64.3 Å². The van der Waals surface area contributed by atoms with Gasteiger partial charge in [0, 0.05) is 22.5 Å². The molecule has 0 aliphatic heterocycles. The predicted octanol–water partition coefficient (Wildman–Crippen LogP) is 5.27. The van der Waals surface area contributed by atoms with Crippen molar-refractivity contribution < 1.29 is 22.3 Å². The Kier molecular flexibility index (Phi) is 7.97. The van der Waals surface area contributed by atoms with E-state index in [1.165, 1.54) is 24.6 Å². The van der Waals surface area contributed by atoms with Crippen molar-refractivity contribution in [3.8, 4) is 5.75 Å². The molecule has 0 aliphatic carbocycles. The van der Waals surface area contributed by atoms with E-state index in [0.29, 0.717) is 24.4 Å². The highest BCUT2D eigenvalue weighted by Gasteiger charge is 2.30. The summed E-state index contributed by atoms with van der Waals surface area (Å²) in [5, 5.41) is 3.63. The number of hydrogen-bond donors (Lipinski definition) is 1. The average molecular weight is 452 g/mol. The second-order valence-electron chi connectivity index (χ2n) is 6.90. The Labute approximate surface area is 182 Å². The molecule has 0 saturated carbocycles. The zero-order valence-corrected chi connectivity index (χ0v) is 17.8. The number of pyridine rings is 1. The van der Waals surface area contributed by atoms with Crippen molar-refractivity contribution in [2.24, 2.45) is 0 Å². The molecule has 5 nitrogen and oxygen atoms in total. The van der Waals surface area contributed by atoms with Gasteiger partial charge < -0.3 is 14.5 Å². The minimum Gasteiger partial charge on any atom is -0.487 e. The van der Waals surface area contributed by atoms with E-state index in [0.717, 1.165) is 47.4 Å². The molecule has 0 unspecified atom stereocenters. The van der Waals surface area contributed by atoms with Crippen LogP contribution in [0.3, 0.4) is 0 Å². The van der Waals surface area contributed by atoms with E-state index in [4.69, 9.17) is 9.15 Å². The Balaban J connectivity index is 1.43. The summed E-state index contributed by atoms with van der Waals surface area (Å²) in [6.45, 7) is 0.892. The summed E-state index contributed by atoms with van der Waals surface area (Å²) in [6.07, 6.45) is 1.09. The van der Waals surface area contributed by atoms with E-state index >= 15 is 0 Å². The molecule has 0 atom stereocenters. The summed E-state index contributed by atoms with van der Waals surface area (Å²) in [5.41, 5.74) is -0.557. The van der Waals surface area contributed by atoms with Gasteiger partial charge in [-0.3, -0.25) is 9.78 Å². The van der Waals surface area contributed by atoms with Crippen LogP contribution in [0.2, 0.25) is 0 Å². The first-order chi connectivity index (χ1) is 14.9. The molecule has 3 rings (SSSR count). The molecule has 2 heterocycles. The molecule has 0 bridgehead atoms. The van der Waals surface area contributed by atoms with E-state index in [2.05, 4.69) is 10.3 Å². The van der Waals surface area contributed by atoms with Gasteiger partial charge in [-0.2, -0.15) is 13.2 Å². The summed E-state index contributed by atoms with van der Waals surface area (Å²) < 4.78 is 49.5. The molecule has 166 valence electrons. The third-order valence-corrected chi connectivity index (χ3v) is 5.70. The second-order valence-corrected chi connectivity index (χ2v) is 8.04. The van der Waals surface area contributed by atoms with Crippen molar-refractivity contribution in [1.29, 1.82) is 0 Å². The van der Waals surface area contributed by atoms with E-state index in [9.17, 15) is 18.0 Å². The monoisotopic (exact) mass is 452 g/mol. The minimum absolute atomic E-state index is 0.203. The first kappa shape index (κ1) is 23.1. The molecular formula is C22H23F3N2O3S. The lowest BCUT2D eigenvalue weighted by molar-refractivity contribution is -0.137. The fourth-order valence-corrected chi connectivity index (χ4v) is 4.03. The molecule has 2 aromatic heterocycles. The molecule has 0 saturated heterocycles. The molecule has 0 amide bonds. The molecule has 1 N–H and O–H groups in total. The number of rotatable bonds is 10. The van der Waals surface area contributed by atoms with Gasteiger partial charge in [0.15, 0.2) is 0 Å². The number of aromatic nitrogens is 1. The van der Waals surface area contributed by atoms with Crippen molar-refractivity contribution in [3.63, 3.8) is 0 Å². The zero-order chi connectivity index (χ0) is 22.3. The van der Waals surface area contributed by atoms with Crippen LogP contribution in [0.15, 0.2) is 56.9 Å². The highest BCUT2D eigenvalue weighted by atomic mass is 32.2. The number of benzene rings is 1. The average Bonchev–Trinajstić information content (AvgIpc) is 2.73. The van der Waals surface area contributed by atoms with E-state index in [-0.39, 0.29) is 11.2 Å². The first-order valence-electron chi connectivity index (χ1n) is 9.86. The fourth-order valence-electron chi connectivity index (χ4n) is 2.98. The highest BCUT2D eigenvalue weighted by Crippen LogP contribution is 2.33. The van der Waals surface area contributed by atoms with E-state index < -0.39 is 11.7 Å². The molecule has 9 heteroatoms. The Hall–Kier alpha value is -2.52. The second kappa shape index (κ2) is 10.7. The maximum Gasteiger partial charge on any atom is 0.416 e. The lowest BCUT2D eigenvalue weighted by atomic mass is 10.1. The van der Waals surface area contributed by atoms with Gasteiger partial charge in [0.25, 0.3) is 0 Å². The standard InChI is InChI=1S/C22H23F3N2O3S/c1-26-13-16-12-19(28)20(14-30-16)29-9-3-2-4-10-31-21-7-8-27-18-11-15(22(23,24)25)5-6-17(18)21/h5-8,11-12,14,26H,2-4,9-10,13H2,1H3. The van der Waals surface area contributed by atoms with Crippen LogP contribution in [0.25, 0.3) is 10.9 Å². The summed E-state index contributed by atoms with van der Waals surface area (Å²) >= 11 is 1.59. The van der Waals surface area contributed by atoms with Crippen LogP contribution in [0.1, 0.15) is 30.6 Å². The molecule has 31 heavy (non-hydrogen) atoms. The van der Waals surface area contributed by atoms with Gasteiger partial charge >= 0.3 is 6.18 Å². The Morgan fingerprint density at radius 3 is 2.74 bits per heavy atom. The van der Waals surface area contributed by atoms with Crippen molar-refractivity contribution in [2.75, 3.05) is 19.4 Å². The largest absolute Gasteiger partial charge is 0.487 e. The first-order valence-corrected chi connectivity index (χ1v) is 10.8. The molecule has 1 aromatic carbocycles. The Bertz CT molecular complexity index is 1070. The Morgan fingerprint density at radius 2 is 2.00 bits per heavy atom. The molecule has 0 aliphatic rings. The van der Waals surface area contributed by atoms with Crippen LogP contribution in [-0.2, 0) is 12.7 Å². The number of unbranched alkanes of at least 4 members (excludes halogenated alkanes) is 2. The molecule has 0 fully saturated rings. The van der Waals surface area contributed by atoms with Gasteiger partial charge in [0.05, 0.1) is 24.2 Å². The molecule has 3 aromatic rings. The minimum atomic E-state index is -4.38. The van der Waals surface area contributed by atoms with Crippen LogP contribution in [-0.4, -0.2) is 24.4 Å². The highest BCUT2D eigenvalue weighted by molar-refractivity contribution is 7.99. The van der Waals surface area contributed by atoms with Crippen molar-refractivity contribution in [1.82, 2.24) is 10.3 Å². The van der Waals surface area contributed by atoms with E-state index in [1.807, 2.05) is 6.07 Å². The van der Waals surface area contributed by atoms with E-state index in [1.54, 1.807) is 18.8 Å². The summed E-state index contributed by atoms with van der Waals surface area (Å²) in [4.78, 5) is 16.9. The Morgan fingerprint density at radius 1 is 1.16 bits per heavy atom. The van der Waals surface area contributed by atoms with Gasteiger partial charge in [-0.15, -0.1) is 11.8 Å². The third kappa shape index (κ3) is 6.48. The smallest absolute Gasteiger partial charge is 0.416 e. The SMILES string of the molecule is CNCc1cc(=O)c(OCCCCCSc2ccnc3cc(C(F)(F)F)ccc23)co1. The van der Waals surface area contributed by atoms with Gasteiger partial charge in [0.2, 0.25) is 11.2 Å². The number of fused-ring (bicyclic) bond motifs is 1. The van der Waals surface area contributed by atoms with Gasteiger partial charge in [-0.1, -0.05) is 6.07 Å². The maximum atomic E-state index is 12.9. The van der Waals surface area contributed by atoms with Crippen molar-refractivity contribution >= 4 is 22.7 Å². The summed E-state index contributed by atoms with van der Waals surface area (Å²) in [5.74, 6) is 1.58. The lowest BCUT2D eigenvalue weighted by Gasteiger charge is -2.10. The van der Waals surface area contributed by atoms with Crippen LogP contribution in [0, 0.1) is 0 Å². The number of nitrogens with zero attached hydrogens (tertiary/aromatic N) is 1. The van der Waals surface area contributed by atoms with Crippen LogP contribution in [0.5, 0.6) is 5.75 Å². The van der Waals surface area contributed by atoms with Crippen LogP contribution in [0.4, 0.5) is 13.2 Å². The molecular weight excluding hydrogens is 429 g/mol. The van der Waals surface area contributed by atoms with Crippen LogP contribution < -0.4 is 15.5 Å². The number of thioether (sulfide) groups is 1. The maximum absolute atomic E-state index is 12.9. The predicted molar refractivity (Wildman–Crippen MR) is 115 cm³/mol. The topological polar surface area (TPSA) is 64.4 Å². The van der Waals surface area contributed by atoms with Gasteiger partial charge in [-0.25, -0.2) is 0 Å². The summed E-state index contributed by atoms with van der Waals surface area (Å²) in [7, 11) is 1.77. The molecule has 0 spiro atoms. The normalized spacial score (nSPS) is 11.7. The zero-order valence-electron chi connectivity index (χ0n) is 17.0. The van der Waals surface area contributed by atoms with Gasteiger partial charge in [-0.05, 0) is 50.3 Å². The number of alkyl halides is 3. The number of halogens is 3. The quantitative estimate of drug-likeness (QED) is 0.334. The lowest BCUT2D eigenvalue weighted by Crippen LogP contribution is -2.12. The number of ether oxygens (including phenoxy) is 1. The van der Waals surface area contributed by atoms with Gasteiger partial charge in [0.1, 0.15) is 12.0 Å².